The van der Waals surface area contributed by atoms with E-state index in [0.29, 0.717) is 12.0 Å². The number of hydrogen-bond acceptors (Lipinski definition) is 6. The minimum Gasteiger partial charge on any atom is -0.367 e. The van der Waals surface area contributed by atoms with Crippen LogP contribution in [0.1, 0.15) is 18.4 Å². The van der Waals surface area contributed by atoms with E-state index in [4.69, 9.17) is 5.84 Å². The number of likely N-dealkylation sites (tertiary alicyclic amines) is 1. The topological polar surface area (TPSA) is 79.1 Å². The highest BCUT2D eigenvalue weighted by Gasteiger charge is 2.17. The Morgan fingerprint density at radius 1 is 1.41 bits per heavy atom. The summed E-state index contributed by atoms with van der Waals surface area (Å²) in [5.74, 6) is 6.64. The molecule has 0 spiro atoms. The Labute approximate surface area is 102 Å². The van der Waals surface area contributed by atoms with E-state index in [1.807, 2.05) is 6.92 Å². The van der Waals surface area contributed by atoms with Gasteiger partial charge in [-0.15, -0.1) is 0 Å². The van der Waals surface area contributed by atoms with Crippen molar-refractivity contribution in [1.29, 1.82) is 0 Å². The molecule has 0 bridgehead atoms. The number of anilines is 2. The molecule has 0 radical (unpaired) electrons. The van der Waals surface area contributed by atoms with Crippen LogP contribution in [0.3, 0.4) is 0 Å². The van der Waals surface area contributed by atoms with E-state index in [0.717, 1.165) is 37.3 Å². The Morgan fingerprint density at radius 2 is 2.12 bits per heavy atom. The fourth-order valence-electron chi connectivity index (χ4n) is 2.00. The fraction of sp³-hybridized carbons (Fsp3) is 0.636. The van der Waals surface area contributed by atoms with Crippen LogP contribution < -0.4 is 16.6 Å². The van der Waals surface area contributed by atoms with Crippen molar-refractivity contribution >= 4 is 11.8 Å². The number of hydrogen-bond donors (Lipinski definition) is 3. The van der Waals surface area contributed by atoms with Gasteiger partial charge in [-0.2, -0.15) is 4.98 Å². The van der Waals surface area contributed by atoms with Crippen molar-refractivity contribution in [3.63, 3.8) is 0 Å². The number of aromatic nitrogens is 2. The summed E-state index contributed by atoms with van der Waals surface area (Å²) in [6.07, 6.45) is 4.07. The van der Waals surface area contributed by atoms with Gasteiger partial charge in [0.1, 0.15) is 5.82 Å². The predicted octanol–water partition coefficient (Wildman–Crippen LogP) is 0.577. The average Bonchev–Trinajstić information content (AvgIpc) is 2.35. The number of rotatable bonds is 3. The SMILES string of the molecule is Cc1cnc(NN)nc1NC1CCN(C)CC1. The molecule has 2 heterocycles. The number of nitrogens with two attached hydrogens (primary N) is 1. The molecule has 94 valence electrons. The molecular weight excluding hydrogens is 216 g/mol. The molecule has 4 N–H and O–H groups in total. The molecule has 1 fully saturated rings. The molecule has 0 aliphatic carbocycles. The van der Waals surface area contributed by atoms with Crippen LogP contribution in [0.5, 0.6) is 0 Å². The molecule has 1 aromatic rings. The maximum absolute atomic E-state index is 5.31. The largest absolute Gasteiger partial charge is 0.367 e. The monoisotopic (exact) mass is 236 g/mol. The lowest BCUT2D eigenvalue weighted by Crippen LogP contribution is -2.37. The first-order chi connectivity index (χ1) is 8.19. The number of nitrogens with zero attached hydrogens (tertiary/aromatic N) is 3. The molecule has 6 nitrogen and oxygen atoms in total. The molecule has 0 unspecified atom stereocenters. The lowest BCUT2D eigenvalue weighted by atomic mass is 10.1. The normalized spacial score (nSPS) is 18.1. The summed E-state index contributed by atoms with van der Waals surface area (Å²) >= 11 is 0. The second-order valence-corrected chi connectivity index (χ2v) is 4.59. The second-order valence-electron chi connectivity index (χ2n) is 4.59. The van der Waals surface area contributed by atoms with E-state index in [1.165, 1.54) is 0 Å². The van der Waals surface area contributed by atoms with Crippen molar-refractivity contribution in [3.8, 4) is 0 Å². The Morgan fingerprint density at radius 3 is 2.76 bits per heavy atom. The summed E-state index contributed by atoms with van der Waals surface area (Å²) in [6.45, 7) is 4.26. The van der Waals surface area contributed by atoms with Gasteiger partial charge in [-0.25, -0.2) is 10.8 Å². The van der Waals surface area contributed by atoms with E-state index in [1.54, 1.807) is 6.20 Å². The number of hydrazine groups is 1. The van der Waals surface area contributed by atoms with Crippen LogP contribution >= 0.6 is 0 Å². The molecule has 1 aromatic heterocycles. The van der Waals surface area contributed by atoms with Crippen molar-refractivity contribution in [2.75, 3.05) is 30.9 Å². The van der Waals surface area contributed by atoms with E-state index < -0.39 is 0 Å². The van der Waals surface area contributed by atoms with Crippen molar-refractivity contribution < 1.29 is 0 Å². The molecule has 0 amide bonds. The zero-order valence-electron chi connectivity index (χ0n) is 10.4. The molecule has 0 atom stereocenters. The van der Waals surface area contributed by atoms with Gasteiger partial charge in [0.15, 0.2) is 0 Å². The first-order valence-electron chi connectivity index (χ1n) is 5.94. The standard InChI is InChI=1S/C11H20N6/c1-8-7-13-11(16-12)15-10(8)14-9-3-5-17(2)6-4-9/h7,9H,3-6,12H2,1-2H3,(H2,13,14,15,16). The number of nitrogen functional groups attached to an aromatic ring is 1. The third-order valence-electron chi connectivity index (χ3n) is 3.16. The van der Waals surface area contributed by atoms with E-state index in [-0.39, 0.29) is 0 Å². The van der Waals surface area contributed by atoms with Gasteiger partial charge < -0.3 is 10.2 Å². The quantitative estimate of drug-likeness (QED) is 0.526. The summed E-state index contributed by atoms with van der Waals surface area (Å²) in [4.78, 5) is 10.7. The Balaban J connectivity index is 2.02. The van der Waals surface area contributed by atoms with Crippen LogP contribution in [0, 0.1) is 6.92 Å². The number of piperidine rings is 1. The first kappa shape index (κ1) is 12.1. The number of nitrogens with one attached hydrogen (secondary N) is 2. The molecular formula is C11H20N6. The molecule has 0 aromatic carbocycles. The van der Waals surface area contributed by atoms with Gasteiger partial charge in [-0.3, -0.25) is 5.43 Å². The second kappa shape index (κ2) is 5.29. The van der Waals surface area contributed by atoms with Gasteiger partial charge in [0.2, 0.25) is 5.95 Å². The molecule has 1 aliphatic heterocycles. The summed E-state index contributed by atoms with van der Waals surface area (Å²) in [5, 5.41) is 3.47. The summed E-state index contributed by atoms with van der Waals surface area (Å²) in [6, 6.07) is 0.491. The lowest BCUT2D eigenvalue weighted by Gasteiger charge is -2.30. The Bertz CT molecular complexity index is 372. The summed E-state index contributed by atoms with van der Waals surface area (Å²) in [7, 11) is 2.16. The third kappa shape index (κ3) is 3.04. The van der Waals surface area contributed by atoms with Crippen LogP contribution in [0.25, 0.3) is 0 Å². The van der Waals surface area contributed by atoms with Crippen molar-refractivity contribution in [1.82, 2.24) is 14.9 Å². The van der Waals surface area contributed by atoms with Gasteiger partial charge >= 0.3 is 0 Å². The smallest absolute Gasteiger partial charge is 0.239 e. The highest BCUT2D eigenvalue weighted by molar-refractivity contribution is 5.46. The van der Waals surface area contributed by atoms with Crippen LogP contribution in [0.2, 0.25) is 0 Å². The van der Waals surface area contributed by atoms with E-state index >= 15 is 0 Å². The van der Waals surface area contributed by atoms with Gasteiger partial charge in [0.25, 0.3) is 0 Å². The molecule has 2 rings (SSSR count). The molecule has 17 heavy (non-hydrogen) atoms. The molecule has 1 saturated heterocycles. The highest BCUT2D eigenvalue weighted by Crippen LogP contribution is 2.17. The van der Waals surface area contributed by atoms with E-state index in [9.17, 15) is 0 Å². The van der Waals surface area contributed by atoms with Crippen LogP contribution in [-0.2, 0) is 0 Å². The van der Waals surface area contributed by atoms with Gasteiger partial charge in [0.05, 0.1) is 0 Å². The van der Waals surface area contributed by atoms with Gasteiger partial charge in [-0.05, 0) is 39.9 Å². The zero-order chi connectivity index (χ0) is 12.3. The zero-order valence-corrected chi connectivity index (χ0v) is 10.4. The van der Waals surface area contributed by atoms with Crippen LogP contribution in [0.4, 0.5) is 11.8 Å². The summed E-state index contributed by atoms with van der Waals surface area (Å²) < 4.78 is 0. The highest BCUT2D eigenvalue weighted by atomic mass is 15.3. The van der Waals surface area contributed by atoms with Crippen molar-refractivity contribution in [3.05, 3.63) is 11.8 Å². The minimum absolute atomic E-state index is 0.450. The minimum atomic E-state index is 0.450. The molecule has 0 saturated carbocycles. The molecule has 6 heteroatoms. The third-order valence-corrected chi connectivity index (χ3v) is 3.16. The van der Waals surface area contributed by atoms with Gasteiger partial charge in [0, 0.05) is 17.8 Å². The summed E-state index contributed by atoms with van der Waals surface area (Å²) in [5.41, 5.74) is 3.51. The predicted molar refractivity (Wildman–Crippen MR) is 68.7 cm³/mol. The van der Waals surface area contributed by atoms with Crippen molar-refractivity contribution in [2.45, 2.75) is 25.8 Å². The maximum Gasteiger partial charge on any atom is 0.239 e. The Hall–Kier alpha value is -1.40. The lowest BCUT2D eigenvalue weighted by molar-refractivity contribution is 0.263. The number of aryl methyl sites for hydroxylation is 1. The van der Waals surface area contributed by atoms with Crippen LogP contribution in [0.15, 0.2) is 6.20 Å². The van der Waals surface area contributed by atoms with Gasteiger partial charge in [-0.1, -0.05) is 0 Å². The average molecular weight is 236 g/mol. The molecule has 1 aliphatic rings. The van der Waals surface area contributed by atoms with E-state index in [2.05, 4.69) is 32.7 Å². The maximum atomic E-state index is 5.31. The van der Waals surface area contributed by atoms with Crippen LogP contribution in [-0.4, -0.2) is 41.0 Å². The Kier molecular flexibility index (Phi) is 3.75. The van der Waals surface area contributed by atoms with Crippen molar-refractivity contribution in [2.24, 2.45) is 5.84 Å². The first-order valence-corrected chi connectivity index (χ1v) is 5.94. The fourth-order valence-corrected chi connectivity index (χ4v) is 2.00.